The summed E-state index contributed by atoms with van der Waals surface area (Å²) in [5, 5.41) is 26.5. The van der Waals surface area contributed by atoms with E-state index in [1.807, 2.05) is 18.0 Å². The van der Waals surface area contributed by atoms with Gasteiger partial charge in [-0.05, 0) is 80.6 Å². The fourth-order valence-electron chi connectivity index (χ4n) is 5.04. The maximum Gasteiger partial charge on any atom is 0.159 e. The number of aromatic nitrogens is 3. The summed E-state index contributed by atoms with van der Waals surface area (Å²) in [4.78, 5) is 11.3. The molecule has 0 fully saturated rings. The first-order valence-corrected chi connectivity index (χ1v) is 13.2. The summed E-state index contributed by atoms with van der Waals surface area (Å²) in [6.45, 7) is 7.58. The molecule has 2 aromatic heterocycles. The Morgan fingerprint density at radius 2 is 2.11 bits per heavy atom. The number of thiophene rings is 1. The molecule has 2 aliphatic rings. The number of rotatable bonds is 6. The molecule has 5 rings (SSSR count). The molecule has 36 heavy (non-hydrogen) atoms. The zero-order valence-electron chi connectivity index (χ0n) is 21.5. The molecular formula is C27H34N6O2S. The quantitative estimate of drug-likeness (QED) is 0.427. The van der Waals surface area contributed by atoms with Gasteiger partial charge in [-0.2, -0.15) is 16.4 Å². The Morgan fingerprint density at radius 1 is 1.28 bits per heavy atom. The van der Waals surface area contributed by atoms with Gasteiger partial charge in [-0.25, -0.2) is 4.98 Å². The normalized spacial score (nSPS) is 18.8. The Hall–Kier alpha value is -3.01. The highest BCUT2D eigenvalue weighted by molar-refractivity contribution is 7.07. The minimum atomic E-state index is -0.801. The van der Waals surface area contributed by atoms with Crippen molar-refractivity contribution in [1.29, 1.82) is 0 Å². The van der Waals surface area contributed by atoms with Gasteiger partial charge in [-0.15, -0.1) is 0 Å². The van der Waals surface area contributed by atoms with Gasteiger partial charge in [-0.1, -0.05) is 0 Å². The number of ether oxygens (including phenoxy) is 1. The van der Waals surface area contributed by atoms with Crippen LogP contribution in [0.3, 0.4) is 0 Å². The molecule has 9 heteroatoms. The predicted molar refractivity (Wildman–Crippen MR) is 146 cm³/mol. The second-order valence-corrected chi connectivity index (χ2v) is 11.2. The number of fused-ring (bicyclic) bond motifs is 2. The number of benzene rings is 1. The van der Waals surface area contributed by atoms with E-state index in [1.54, 1.807) is 18.4 Å². The van der Waals surface area contributed by atoms with Crippen molar-refractivity contribution in [3.63, 3.8) is 0 Å². The SMILES string of the molecule is COc1cc2c(cc1-c1ncn[nH]1)C1=C(CN2)C(C(O)N(C)C(C)(C)C)=NCCC1Cc1ccsc1. The number of aliphatic hydroxyl groups excluding tert-OH is 1. The molecule has 0 saturated heterocycles. The van der Waals surface area contributed by atoms with Crippen LogP contribution < -0.4 is 10.1 Å². The molecule has 0 saturated carbocycles. The van der Waals surface area contributed by atoms with Crippen molar-refractivity contribution in [2.45, 2.75) is 45.4 Å². The van der Waals surface area contributed by atoms with Crippen molar-refractivity contribution in [2.75, 3.05) is 32.6 Å². The van der Waals surface area contributed by atoms with Gasteiger partial charge in [-0.3, -0.25) is 15.0 Å². The van der Waals surface area contributed by atoms with E-state index in [0.29, 0.717) is 18.9 Å². The Balaban J connectivity index is 1.68. The highest BCUT2D eigenvalue weighted by Gasteiger charge is 2.36. The first-order chi connectivity index (χ1) is 17.3. The highest BCUT2D eigenvalue weighted by Crippen LogP contribution is 2.45. The average Bonchev–Trinajstić information content (AvgIpc) is 3.55. The van der Waals surface area contributed by atoms with Gasteiger partial charge in [0.05, 0.1) is 18.4 Å². The van der Waals surface area contributed by atoms with E-state index in [-0.39, 0.29) is 11.5 Å². The minimum absolute atomic E-state index is 0.210. The number of aliphatic hydroxyl groups is 1. The van der Waals surface area contributed by atoms with Gasteiger partial charge in [0.2, 0.25) is 0 Å². The van der Waals surface area contributed by atoms with Gasteiger partial charge < -0.3 is 15.2 Å². The Kier molecular flexibility index (Phi) is 6.72. The van der Waals surface area contributed by atoms with Crippen molar-refractivity contribution in [1.82, 2.24) is 20.1 Å². The van der Waals surface area contributed by atoms with Crippen LogP contribution in [0.2, 0.25) is 0 Å². The van der Waals surface area contributed by atoms with Crippen molar-refractivity contribution in [3.8, 4) is 17.1 Å². The lowest BCUT2D eigenvalue weighted by molar-refractivity contribution is 0.0157. The van der Waals surface area contributed by atoms with E-state index in [9.17, 15) is 5.11 Å². The van der Waals surface area contributed by atoms with Crippen molar-refractivity contribution in [3.05, 3.63) is 52.0 Å². The predicted octanol–water partition coefficient (Wildman–Crippen LogP) is 4.47. The molecule has 2 aliphatic heterocycles. The molecule has 0 spiro atoms. The van der Waals surface area contributed by atoms with Gasteiger partial charge in [0, 0.05) is 41.5 Å². The number of aromatic amines is 1. The molecule has 1 aromatic carbocycles. The Bertz CT molecular complexity index is 1270. The number of nitrogens with one attached hydrogen (secondary N) is 2. The number of hydrogen-bond acceptors (Lipinski definition) is 8. The lowest BCUT2D eigenvalue weighted by atomic mass is 9.79. The summed E-state index contributed by atoms with van der Waals surface area (Å²) in [5.41, 5.74) is 7.18. The van der Waals surface area contributed by atoms with E-state index in [4.69, 9.17) is 9.73 Å². The molecule has 0 bridgehead atoms. The third-order valence-corrected chi connectivity index (χ3v) is 8.02. The van der Waals surface area contributed by atoms with E-state index >= 15 is 0 Å². The van der Waals surface area contributed by atoms with Gasteiger partial charge in [0.1, 0.15) is 12.1 Å². The van der Waals surface area contributed by atoms with Crippen LogP contribution in [-0.2, 0) is 6.42 Å². The summed E-state index contributed by atoms with van der Waals surface area (Å²) < 4.78 is 5.72. The molecule has 3 N–H and O–H groups in total. The second kappa shape index (κ2) is 9.80. The molecule has 0 amide bonds. The number of aliphatic imine (C=N–C) groups is 1. The summed E-state index contributed by atoms with van der Waals surface area (Å²) in [6.07, 6.45) is 2.54. The molecule has 0 aliphatic carbocycles. The van der Waals surface area contributed by atoms with Gasteiger partial charge >= 0.3 is 0 Å². The van der Waals surface area contributed by atoms with E-state index in [2.05, 4.69) is 64.2 Å². The maximum absolute atomic E-state index is 11.5. The first-order valence-electron chi connectivity index (χ1n) is 12.3. The Morgan fingerprint density at radius 3 is 2.78 bits per heavy atom. The number of allylic oxidation sites excluding steroid dienone is 1. The van der Waals surface area contributed by atoms with Crippen molar-refractivity contribution in [2.24, 2.45) is 10.9 Å². The number of anilines is 1. The zero-order valence-corrected chi connectivity index (χ0v) is 22.3. The number of methoxy groups -OCH3 is 1. The molecule has 2 atom stereocenters. The fraction of sp³-hybridized carbons (Fsp3) is 0.444. The topological polar surface area (TPSA) is 98.7 Å². The van der Waals surface area contributed by atoms with Crippen LogP contribution in [-0.4, -0.2) is 69.9 Å². The lowest BCUT2D eigenvalue weighted by Gasteiger charge is -2.38. The monoisotopic (exact) mass is 506 g/mol. The van der Waals surface area contributed by atoms with Crippen LogP contribution in [0, 0.1) is 5.92 Å². The van der Waals surface area contributed by atoms with Crippen LogP contribution in [0.1, 0.15) is 38.3 Å². The molecule has 2 unspecified atom stereocenters. The third kappa shape index (κ3) is 4.58. The molecule has 3 aromatic rings. The third-order valence-electron chi connectivity index (χ3n) is 7.29. The van der Waals surface area contributed by atoms with E-state index < -0.39 is 6.23 Å². The Labute approximate surface area is 216 Å². The summed E-state index contributed by atoms with van der Waals surface area (Å²) >= 11 is 1.73. The zero-order chi connectivity index (χ0) is 25.4. The maximum atomic E-state index is 11.5. The standard InChI is InChI=1S/C27H34N6O2S/c1-27(2,3)33(4)26(34)24-20-13-29-21-12-22(35-5)19(25-30-15-31-32-25)11-18(21)23(20)17(6-8-28-24)10-16-7-9-36-14-16/h7,9,11-12,14-15,17,26,29,34H,6,8,10,13H2,1-5H3,(H,30,31,32). The van der Waals surface area contributed by atoms with Crippen LogP contribution in [0.15, 0.2) is 45.9 Å². The molecule has 4 heterocycles. The van der Waals surface area contributed by atoms with Crippen LogP contribution in [0.5, 0.6) is 5.75 Å². The summed E-state index contributed by atoms with van der Waals surface area (Å²) in [7, 11) is 3.63. The molecule has 0 radical (unpaired) electrons. The van der Waals surface area contributed by atoms with Gasteiger partial charge in [0.25, 0.3) is 0 Å². The largest absolute Gasteiger partial charge is 0.496 e. The van der Waals surface area contributed by atoms with Gasteiger partial charge in [0.15, 0.2) is 12.1 Å². The summed E-state index contributed by atoms with van der Waals surface area (Å²) in [5.74, 6) is 1.65. The number of H-pyrrole nitrogens is 1. The van der Waals surface area contributed by atoms with Crippen LogP contribution >= 0.6 is 11.3 Å². The van der Waals surface area contributed by atoms with Crippen molar-refractivity contribution >= 4 is 28.3 Å². The van der Waals surface area contributed by atoms with E-state index in [1.165, 1.54) is 17.5 Å². The van der Waals surface area contributed by atoms with Crippen LogP contribution in [0.4, 0.5) is 5.69 Å². The average molecular weight is 507 g/mol. The number of nitrogens with zero attached hydrogens (tertiary/aromatic N) is 4. The van der Waals surface area contributed by atoms with Crippen molar-refractivity contribution < 1.29 is 9.84 Å². The first kappa shape index (κ1) is 24.7. The smallest absolute Gasteiger partial charge is 0.159 e. The fourth-order valence-corrected chi connectivity index (χ4v) is 5.72. The second-order valence-electron chi connectivity index (χ2n) is 10.4. The summed E-state index contributed by atoms with van der Waals surface area (Å²) in [6, 6.07) is 6.38. The number of hydrogen-bond donors (Lipinski definition) is 3. The highest BCUT2D eigenvalue weighted by atomic mass is 32.1. The molecule has 8 nitrogen and oxygen atoms in total. The van der Waals surface area contributed by atoms with E-state index in [0.717, 1.165) is 46.7 Å². The molecule has 190 valence electrons. The molecular weight excluding hydrogens is 472 g/mol. The van der Waals surface area contributed by atoms with Crippen LogP contribution in [0.25, 0.3) is 17.0 Å². The lowest BCUT2D eigenvalue weighted by Crippen LogP contribution is -2.50. The minimum Gasteiger partial charge on any atom is -0.496 e.